The van der Waals surface area contributed by atoms with Gasteiger partial charge in [0, 0.05) is 41.6 Å². The van der Waals surface area contributed by atoms with Crippen LogP contribution in [0.15, 0.2) is 73.2 Å². The van der Waals surface area contributed by atoms with E-state index in [1.807, 2.05) is 59.5 Å². The molecule has 136 valence electrons. The van der Waals surface area contributed by atoms with Gasteiger partial charge in [-0.3, -0.25) is 9.48 Å². The maximum atomic E-state index is 12.3. The van der Waals surface area contributed by atoms with Crippen molar-refractivity contribution in [2.24, 2.45) is 0 Å². The second-order valence-corrected chi connectivity index (χ2v) is 6.67. The molecule has 2 aromatic carbocycles. The summed E-state index contributed by atoms with van der Waals surface area (Å²) in [5.74, 6) is 0.0473. The first-order valence-corrected chi connectivity index (χ1v) is 9.19. The summed E-state index contributed by atoms with van der Waals surface area (Å²) in [6, 6.07) is 18.1. The minimum absolute atomic E-state index is 0.0473. The Balaban J connectivity index is 1.30. The molecule has 5 heteroatoms. The van der Waals surface area contributed by atoms with E-state index in [0.29, 0.717) is 13.0 Å². The number of nitrogens with zero attached hydrogens (tertiary/aromatic N) is 2. The number of rotatable bonds is 7. The number of hydrogen-bond donors (Lipinski definition) is 2. The number of carbonyl (C=O) groups is 1. The Bertz CT molecular complexity index is 1030. The molecule has 1 amide bonds. The number of benzene rings is 2. The molecule has 5 nitrogen and oxygen atoms in total. The lowest BCUT2D eigenvalue weighted by Gasteiger charge is -2.08. The summed E-state index contributed by atoms with van der Waals surface area (Å²) < 4.78 is 1.86. The van der Waals surface area contributed by atoms with E-state index in [9.17, 15) is 4.79 Å². The number of amides is 1. The number of aryl methyl sites for hydroxylation is 1. The predicted molar refractivity (Wildman–Crippen MR) is 108 cm³/mol. The maximum Gasteiger partial charge on any atom is 0.224 e. The van der Waals surface area contributed by atoms with Crippen LogP contribution < -0.4 is 5.32 Å². The van der Waals surface area contributed by atoms with Gasteiger partial charge in [0.15, 0.2) is 0 Å². The van der Waals surface area contributed by atoms with Gasteiger partial charge in [-0.25, -0.2) is 0 Å². The SMILES string of the molecule is O=C(CCCc1c[nH]c2ccccc12)Nc1cccc(Cn2cccn2)c1. The normalized spacial score (nSPS) is 11.0. The predicted octanol–water partition coefficient (Wildman–Crippen LogP) is 4.37. The number of hydrogen-bond acceptors (Lipinski definition) is 2. The average Bonchev–Trinajstić information content (AvgIpc) is 3.32. The summed E-state index contributed by atoms with van der Waals surface area (Å²) >= 11 is 0. The van der Waals surface area contributed by atoms with E-state index in [4.69, 9.17) is 0 Å². The minimum Gasteiger partial charge on any atom is -0.361 e. The molecular weight excluding hydrogens is 336 g/mol. The maximum absolute atomic E-state index is 12.3. The first-order chi connectivity index (χ1) is 13.3. The largest absolute Gasteiger partial charge is 0.361 e. The Kier molecular flexibility index (Phi) is 5.01. The molecule has 0 aliphatic rings. The molecule has 2 N–H and O–H groups in total. The van der Waals surface area contributed by atoms with Gasteiger partial charge in [0.2, 0.25) is 5.91 Å². The van der Waals surface area contributed by atoms with Gasteiger partial charge in [-0.05, 0) is 48.2 Å². The van der Waals surface area contributed by atoms with Crippen molar-refractivity contribution in [2.45, 2.75) is 25.8 Å². The van der Waals surface area contributed by atoms with Crippen LogP contribution in [-0.2, 0) is 17.8 Å². The Morgan fingerprint density at radius 3 is 2.93 bits per heavy atom. The number of aromatic nitrogens is 3. The van der Waals surface area contributed by atoms with Gasteiger partial charge in [-0.15, -0.1) is 0 Å². The molecule has 2 aromatic heterocycles. The quantitative estimate of drug-likeness (QED) is 0.515. The van der Waals surface area contributed by atoms with Crippen LogP contribution >= 0.6 is 0 Å². The van der Waals surface area contributed by atoms with Crippen LogP contribution in [0, 0.1) is 0 Å². The van der Waals surface area contributed by atoms with Crippen molar-refractivity contribution in [1.82, 2.24) is 14.8 Å². The summed E-state index contributed by atoms with van der Waals surface area (Å²) in [5, 5.41) is 8.46. The number of anilines is 1. The molecule has 0 bridgehead atoms. The van der Waals surface area contributed by atoms with Crippen molar-refractivity contribution in [3.63, 3.8) is 0 Å². The summed E-state index contributed by atoms with van der Waals surface area (Å²) in [5.41, 5.74) is 4.35. The van der Waals surface area contributed by atoms with Crippen LogP contribution in [0.5, 0.6) is 0 Å². The highest BCUT2D eigenvalue weighted by Crippen LogP contribution is 2.19. The lowest BCUT2D eigenvalue weighted by Crippen LogP contribution is -2.12. The highest BCUT2D eigenvalue weighted by Gasteiger charge is 2.06. The zero-order valence-electron chi connectivity index (χ0n) is 15.1. The molecular formula is C22H22N4O. The fourth-order valence-electron chi connectivity index (χ4n) is 3.33. The van der Waals surface area contributed by atoms with Gasteiger partial charge in [0.1, 0.15) is 0 Å². The standard InChI is InChI=1S/C22H22N4O/c27-22(11-4-7-18-15-23-21-10-2-1-9-20(18)21)25-19-8-3-6-17(14-19)16-26-13-5-12-24-26/h1-3,5-6,8-10,12-15,23H,4,7,11,16H2,(H,25,27). The molecule has 2 heterocycles. The topological polar surface area (TPSA) is 62.7 Å². The van der Waals surface area contributed by atoms with Crippen molar-refractivity contribution in [1.29, 1.82) is 0 Å². The Labute approximate surface area is 158 Å². The average molecular weight is 358 g/mol. The first kappa shape index (κ1) is 17.1. The summed E-state index contributed by atoms with van der Waals surface area (Å²) in [6.45, 7) is 0.692. The van der Waals surface area contributed by atoms with Crippen LogP contribution in [0.4, 0.5) is 5.69 Å². The summed E-state index contributed by atoms with van der Waals surface area (Å²) in [7, 11) is 0. The smallest absolute Gasteiger partial charge is 0.224 e. The van der Waals surface area contributed by atoms with Gasteiger partial charge in [0.25, 0.3) is 0 Å². The minimum atomic E-state index is 0.0473. The lowest BCUT2D eigenvalue weighted by atomic mass is 10.1. The molecule has 0 saturated heterocycles. The molecule has 0 spiro atoms. The number of carbonyl (C=O) groups excluding carboxylic acids is 1. The highest BCUT2D eigenvalue weighted by atomic mass is 16.1. The van der Waals surface area contributed by atoms with Crippen molar-refractivity contribution in [3.8, 4) is 0 Å². The lowest BCUT2D eigenvalue weighted by molar-refractivity contribution is -0.116. The van der Waals surface area contributed by atoms with Crippen LogP contribution in [0.2, 0.25) is 0 Å². The number of nitrogens with one attached hydrogen (secondary N) is 2. The van der Waals surface area contributed by atoms with Gasteiger partial charge < -0.3 is 10.3 Å². The molecule has 27 heavy (non-hydrogen) atoms. The van der Waals surface area contributed by atoms with Crippen molar-refractivity contribution in [3.05, 3.63) is 84.3 Å². The molecule has 0 saturated carbocycles. The molecule has 0 radical (unpaired) electrons. The Hall–Kier alpha value is -3.34. The summed E-state index contributed by atoms with van der Waals surface area (Å²) in [6.07, 6.45) is 7.94. The Morgan fingerprint density at radius 1 is 1.11 bits per heavy atom. The van der Waals surface area contributed by atoms with Gasteiger partial charge in [-0.2, -0.15) is 5.10 Å². The monoisotopic (exact) mass is 358 g/mol. The number of fused-ring (bicyclic) bond motifs is 1. The van der Waals surface area contributed by atoms with E-state index in [1.165, 1.54) is 10.9 Å². The van der Waals surface area contributed by atoms with Gasteiger partial charge >= 0.3 is 0 Å². The van der Waals surface area contributed by atoms with Crippen LogP contribution in [0.25, 0.3) is 10.9 Å². The number of aromatic amines is 1. The fourth-order valence-corrected chi connectivity index (χ4v) is 3.33. The van der Waals surface area contributed by atoms with Crippen molar-refractivity contribution >= 4 is 22.5 Å². The Morgan fingerprint density at radius 2 is 2.04 bits per heavy atom. The van der Waals surface area contributed by atoms with Crippen LogP contribution in [0.3, 0.4) is 0 Å². The highest BCUT2D eigenvalue weighted by molar-refractivity contribution is 5.90. The molecule has 0 atom stereocenters. The molecule has 4 aromatic rings. The van der Waals surface area contributed by atoms with Crippen LogP contribution in [0.1, 0.15) is 24.0 Å². The van der Waals surface area contributed by atoms with E-state index in [2.05, 4.69) is 27.5 Å². The molecule has 0 aliphatic heterocycles. The molecule has 0 unspecified atom stereocenters. The van der Waals surface area contributed by atoms with Crippen molar-refractivity contribution in [2.75, 3.05) is 5.32 Å². The van der Waals surface area contributed by atoms with Crippen molar-refractivity contribution < 1.29 is 4.79 Å². The van der Waals surface area contributed by atoms with Gasteiger partial charge in [0.05, 0.1) is 6.54 Å². The third kappa shape index (κ3) is 4.26. The molecule has 0 aliphatic carbocycles. The van der Waals surface area contributed by atoms with E-state index in [0.717, 1.165) is 29.6 Å². The van der Waals surface area contributed by atoms with E-state index in [1.54, 1.807) is 6.20 Å². The molecule has 0 fully saturated rings. The second kappa shape index (κ2) is 7.91. The number of para-hydroxylation sites is 1. The zero-order chi connectivity index (χ0) is 18.5. The third-order valence-electron chi connectivity index (χ3n) is 4.64. The summed E-state index contributed by atoms with van der Waals surface area (Å²) in [4.78, 5) is 15.6. The zero-order valence-corrected chi connectivity index (χ0v) is 15.1. The van der Waals surface area contributed by atoms with Crippen LogP contribution in [-0.4, -0.2) is 20.7 Å². The van der Waals surface area contributed by atoms with E-state index in [-0.39, 0.29) is 5.91 Å². The van der Waals surface area contributed by atoms with E-state index >= 15 is 0 Å². The second-order valence-electron chi connectivity index (χ2n) is 6.67. The fraction of sp³-hybridized carbons (Fsp3) is 0.182. The number of H-pyrrole nitrogens is 1. The first-order valence-electron chi connectivity index (χ1n) is 9.19. The van der Waals surface area contributed by atoms with E-state index < -0.39 is 0 Å². The third-order valence-corrected chi connectivity index (χ3v) is 4.64. The van der Waals surface area contributed by atoms with Gasteiger partial charge in [-0.1, -0.05) is 30.3 Å². The molecule has 4 rings (SSSR count).